The first-order valence-corrected chi connectivity index (χ1v) is 6.83. The first-order chi connectivity index (χ1) is 10.1. The molecule has 0 saturated carbocycles. The van der Waals surface area contributed by atoms with Gasteiger partial charge in [0, 0.05) is 24.6 Å². The fourth-order valence-electron chi connectivity index (χ4n) is 2.25. The van der Waals surface area contributed by atoms with Gasteiger partial charge in [-0.2, -0.15) is 0 Å². The third kappa shape index (κ3) is 2.80. The van der Waals surface area contributed by atoms with E-state index in [9.17, 15) is 9.18 Å². The lowest BCUT2D eigenvalue weighted by Gasteiger charge is -2.17. The van der Waals surface area contributed by atoms with Gasteiger partial charge in [0.15, 0.2) is 0 Å². The average Bonchev–Trinajstić information content (AvgIpc) is 2.84. The van der Waals surface area contributed by atoms with Gasteiger partial charge in [0.25, 0.3) is 0 Å². The van der Waals surface area contributed by atoms with Crippen molar-refractivity contribution in [3.63, 3.8) is 0 Å². The van der Waals surface area contributed by atoms with E-state index < -0.39 is 11.9 Å². The minimum Gasteiger partial charge on any atom is -0.342 e. The van der Waals surface area contributed by atoms with Gasteiger partial charge in [0.2, 0.25) is 11.9 Å². The van der Waals surface area contributed by atoms with Gasteiger partial charge in [0.05, 0.1) is 5.02 Å². The molecule has 0 aliphatic carbocycles. The fourth-order valence-corrected chi connectivity index (χ4v) is 2.43. The Kier molecular flexibility index (Phi) is 3.70. The highest BCUT2D eigenvalue weighted by Gasteiger charge is 2.33. The second-order valence-corrected chi connectivity index (χ2v) is 5.05. The van der Waals surface area contributed by atoms with Gasteiger partial charge < -0.3 is 10.2 Å². The molecule has 7 heteroatoms. The molecule has 1 aromatic carbocycles. The molecule has 5 nitrogen and oxygen atoms in total. The second-order valence-electron chi connectivity index (χ2n) is 4.65. The number of halogens is 2. The summed E-state index contributed by atoms with van der Waals surface area (Å²) in [6.07, 6.45) is 3.82. The summed E-state index contributed by atoms with van der Waals surface area (Å²) >= 11 is 5.76. The van der Waals surface area contributed by atoms with Crippen molar-refractivity contribution >= 4 is 29.1 Å². The van der Waals surface area contributed by atoms with Crippen molar-refractivity contribution in [1.82, 2.24) is 9.97 Å². The van der Waals surface area contributed by atoms with Crippen LogP contribution in [0.3, 0.4) is 0 Å². The maximum absolute atomic E-state index is 13.2. The highest BCUT2D eigenvalue weighted by molar-refractivity contribution is 6.31. The molecular formula is C14H12ClFN4O. The number of amides is 1. The van der Waals surface area contributed by atoms with E-state index in [1.54, 1.807) is 29.4 Å². The van der Waals surface area contributed by atoms with Crippen LogP contribution in [0.5, 0.6) is 0 Å². The summed E-state index contributed by atoms with van der Waals surface area (Å²) in [6, 6.07) is 5.56. The summed E-state index contributed by atoms with van der Waals surface area (Å²) in [5, 5.41) is 3.00. The van der Waals surface area contributed by atoms with Gasteiger partial charge >= 0.3 is 0 Å². The molecule has 1 amide bonds. The zero-order valence-corrected chi connectivity index (χ0v) is 11.7. The van der Waals surface area contributed by atoms with Gasteiger partial charge in [-0.05, 0) is 30.7 Å². The minimum atomic E-state index is -0.501. The normalized spacial score (nSPS) is 18.1. The quantitative estimate of drug-likeness (QED) is 0.946. The van der Waals surface area contributed by atoms with E-state index in [0.717, 1.165) is 0 Å². The summed E-state index contributed by atoms with van der Waals surface area (Å²) in [6.45, 7) is 0.533. The first-order valence-electron chi connectivity index (χ1n) is 6.45. The predicted octanol–water partition coefficient (Wildman–Crippen LogP) is 2.49. The molecular weight excluding hydrogens is 295 g/mol. The highest BCUT2D eigenvalue weighted by atomic mass is 35.5. The first kappa shape index (κ1) is 13.8. The number of carbonyl (C=O) groups is 1. The Balaban J connectivity index is 1.75. The van der Waals surface area contributed by atoms with Crippen LogP contribution in [0.25, 0.3) is 0 Å². The summed E-state index contributed by atoms with van der Waals surface area (Å²) in [5.41, 5.74) is 0.588. The molecule has 2 heterocycles. The second kappa shape index (κ2) is 5.65. The lowest BCUT2D eigenvalue weighted by Crippen LogP contribution is -2.33. The van der Waals surface area contributed by atoms with E-state index in [2.05, 4.69) is 15.3 Å². The zero-order chi connectivity index (χ0) is 14.8. The predicted molar refractivity (Wildman–Crippen MR) is 77.8 cm³/mol. The van der Waals surface area contributed by atoms with Gasteiger partial charge in [-0.1, -0.05) is 11.6 Å². The van der Waals surface area contributed by atoms with E-state index in [4.69, 9.17) is 11.6 Å². The van der Waals surface area contributed by atoms with Crippen LogP contribution in [-0.2, 0) is 4.79 Å². The Morgan fingerprint density at radius 2 is 2.10 bits per heavy atom. The van der Waals surface area contributed by atoms with Gasteiger partial charge in [-0.3, -0.25) is 4.79 Å². The van der Waals surface area contributed by atoms with Crippen LogP contribution in [0.4, 0.5) is 16.0 Å². The summed E-state index contributed by atoms with van der Waals surface area (Å²) in [5.74, 6) is -0.195. The number of nitrogens with one attached hydrogen (secondary N) is 1. The standard InChI is InChI=1S/C14H12ClFN4O/c15-10-8-9(2-3-11(10)16)20-7-4-12(13(20)21)19-14-17-5-1-6-18-14/h1-3,5-6,8,12H,4,7H2,(H,17,18,19)/t12-/m0/s1. The Bertz CT molecular complexity index is 667. The van der Waals surface area contributed by atoms with E-state index in [-0.39, 0.29) is 10.9 Å². The molecule has 1 fully saturated rings. The molecule has 1 saturated heterocycles. The van der Waals surface area contributed by atoms with Crippen LogP contribution < -0.4 is 10.2 Å². The van der Waals surface area contributed by atoms with E-state index in [1.807, 2.05) is 0 Å². The van der Waals surface area contributed by atoms with Crippen LogP contribution in [0.15, 0.2) is 36.7 Å². The van der Waals surface area contributed by atoms with Crippen molar-refractivity contribution in [2.45, 2.75) is 12.5 Å². The molecule has 0 spiro atoms. The Labute approximate surface area is 125 Å². The van der Waals surface area contributed by atoms with Crippen molar-refractivity contribution in [2.75, 3.05) is 16.8 Å². The lowest BCUT2D eigenvalue weighted by atomic mass is 10.2. The van der Waals surface area contributed by atoms with Gasteiger partial charge in [0.1, 0.15) is 11.9 Å². The molecule has 1 atom stereocenters. The topological polar surface area (TPSA) is 58.1 Å². The number of anilines is 2. The lowest BCUT2D eigenvalue weighted by molar-refractivity contribution is -0.117. The number of hydrogen-bond acceptors (Lipinski definition) is 4. The third-order valence-corrected chi connectivity index (χ3v) is 3.58. The molecule has 1 N–H and O–H groups in total. The molecule has 0 bridgehead atoms. The Morgan fingerprint density at radius 1 is 1.33 bits per heavy atom. The van der Waals surface area contributed by atoms with Crippen LogP contribution in [0.1, 0.15) is 6.42 Å². The largest absolute Gasteiger partial charge is 0.342 e. The Morgan fingerprint density at radius 3 is 2.81 bits per heavy atom. The number of aromatic nitrogens is 2. The van der Waals surface area contributed by atoms with Gasteiger partial charge in [-0.15, -0.1) is 0 Å². The molecule has 108 valence electrons. The van der Waals surface area contributed by atoms with Crippen molar-refractivity contribution in [3.05, 3.63) is 47.5 Å². The molecule has 1 aliphatic heterocycles. The molecule has 0 radical (unpaired) electrons. The molecule has 1 aliphatic rings. The van der Waals surface area contributed by atoms with Gasteiger partial charge in [-0.25, -0.2) is 14.4 Å². The highest BCUT2D eigenvalue weighted by Crippen LogP contribution is 2.27. The van der Waals surface area contributed by atoms with E-state index >= 15 is 0 Å². The van der Waals surface area contributed by atoms with Crippen molar-refractivity contribution in [1.29, 1.82) is 0 Å². The number of nitrogens with zero attached hydrogens (tertiary/aromatic N) is 3. The monoisotopic (exact) mass is 306 g/mol. The van der Waals surface area contributed by atoms with Crippen LogP contribution in [0.2, 0.25) is 5.02 Å². The van der Waals surface area contributed by atoms with Crippen molar-refractivity contribution in [2.24, 2.45) is 0 Å². The summed E-state index contributed by atoms with van der Waals surface area (Å²) in [4.78, 5) is 22.0. The molecule has 3 rings (SSSR count). The average molecular weight is 307 g/mol. The number of rotatable bonds is 3. The van der Waals surface area contributed by atoms with Crippen LogP contribution in [0, 0.1) is 5.82 Å². The smallest absolute Gasteiger partial charge is 0.249 e. The van der Waals surface area contributed by atoms with Crippen LogP contribution >= 0.6 is 11.6 Å². The molecule has 21 heavy (non-hydrogen) atoms. The summed E-state index contributed by atoms with van der Waals surface area (Å²) < 4.78 is 13.2. The SMILES string of the molecule is O=C1[C@@H](Nc2ncccn2)CCN1c1ccc(F)c(Cl)c1. The third-order valence-electron chi connectivity index (χ3n) is 3.29. The minimum absolute atomic E-state index is 0.00287. The zero-order valence-electron chi connectivity index (χ0n) is 11.0. The molecule has 2 aromatic rings. The molecule has 1 aromatic heterocycles. The van der Waals surface area contributed by atoms with E-state index in [0.29, 0.717) is 24.6 Å². The van der Waals surface area contributed by atoms with Crippen molar-refractivity contribution < 1.29 is 9.18 Å². The maximum Gasteiger partial charge on any atom is 0.249 e. The Hall–Kier alpha value is -2.21. The van der Waals surface area contributed by atoms with Crippen molar-refractivity contribution in [3.8, 4) is 0 Å². The molecule has 0 unspecified atom stereocenters. The number of hydrogen-bond donors (Lipinski definition) is 1. The number of carbonyl (C=O) groups excluding carboxylic acids is 1. The fraction of sp³-hybridized carbons (Fsp3) is 0.214. The van der Waals surface area contributed by atoms with Crippen LogP contribution in [-0.4, -0.2) is 28.5 Å². The van der Waals surface area contributed by atoms with E-state index in [1.165, 1.54) is 12.1 Å². The summed E-state index contributed by atoms with van der Waals surface area (Å²) in [7, 11) is 0. The number of benzene rings is 1. The maximum atomic E-state index is 13.2.